The monoisotopic (exact) mass is 218 g/mol. The van der Waals surface area contributed by atoms with Gasteiger partial charge in [-0.3, -0.25) is 0 Å². The SMILES string of the molecule is CC1CCCN(c2ccccc2C(C)N)C1. The summed E-state index contributed by atoms with van der Waals surface area (Å²) in [6.07, 6.45) is 2.66. The van der Waals surface area contributed by atoms with Gasteiger partial charge in [0.2, 0.25) is 0 Å². The number of nitrogens with zero attached hydrogens (tertiary/aromatic N) is 1. The van der Waals surface area contributed by atoms with Crippen LogP contribution in [0, 0.1) is 5.92 Å². The van der Waals surface area contributed by atoms with Gasteiger partial charge < -0.3 is 10.6 Å². The highest BCUT2D eigenvalue weighted by Crippen LogP contribution is 2.28. The second-order valence-corrected chi connectivity index (χ2v) is 5.04. The summed E-state index contributed by atoms with van der Waals surface area (Å²) in [4.78, 5) is 2.49. The van der Waals surface area contributed by atoms with Crippen LogP contribution in [-0.2, 0) is 0 Å². The van der Waals surface area contributed by atoms with Gasteiger partial charge in [0.25, 0.3) is 0 Å². The first-order valence-corrected chi connectivity index (χ1v) is 6.28. The van der Waals surface area contributed by atoms with E-state index in [0.29, 0.717) is 0 Å². The zero-order chi connectivity index (χ0) is 11.5. The van der Waals surface area contributed by atoms with Crippen LogP contribution in [-0.4, -0.2) is 13.1 Å². The Morgan fingerprint density at radius 3 is 2.81 bits per heavy atom. The minimum atomic E-state index is 0.119. The second kappa shape index (κ2) is 4.88. The molecule has 16 heavy (non-hydrogen) atoms. The number of anilines is 1. The van der Waals surface area contributed by atoms with Crippen LogP contribution in [0.1, 0.15) is 38.3 Å². The Balaban J connectivity index is 2.25. The molecule has 0 aromatic heterocycles. The van der Waals surface area contributed by atoms with E-state index in [0.717, 1.165) is 5.92 Å². The maximum Gasteiger partial charge on any atom is 0.0414 e. The summed E-state index contributed by atoms with van der Waals surface area (Å²) in [5, 5.41) is 0. The maximum absolute atomic E-state index is 6.03. The second-order valence-electron chi connectivity index (χ2n) is 5.04. The lowest BCUT2D eigenvalue weighted by atomic mass is 9.97. The van der Waals surface area contributed by atoms with E-state index < -0.39 is 0 Å². The average molecular weight is 218 g/mol. The van der Waals surface area contributed by atoms with Crippen LogP contribution < -0.4 is 10.6 Å². The van der Waals surface area contributed by atoms with E-state index in [4.69, 9.17) is 5.73 Å². The van der Waals surface area contributed by atoms with E-state index in [1.54, 1.807) is 0 Å². The normalized spacial score (nSPS) is 23.2. The highest BCUT2D eigenvalue weighted by molar-refractivity contribution is 5.55. The fraction of sp³-hybridized carbons (Fsp3) is 0.571. The summed E-state index contributed by atoms with van der Waals surface area (Å²) in [6.45, 7) is 6.74. The van der Waals surface area contributed by atoms with E-state index in [1.165, 1.54) is 37.2 Å². The molecule has 0 amide bonds. The number of rotatable bonds is 2. The predicted octanol–water partition coefficient (Wildman–Crippen LogP) is 2.94. The molecular formula is C14H22N2. The number of hydrogen-bond acceptors (Lipinski definition) is 2. The van der Waals surface area contributed by atoms with Crippen molar-refractivity contribution in [3.63, 3.8) is 0 Å². The fourth-order valence-electron chi connectivity index (χ4n) is 2.57. The molecule has 1 aliphatic heterocycles. The Morgan fingerprint density at radius 2 is 2.12 bits per heavy atom. The van der Waals surface area contributed by atoms with Crippen molar-refractivity contribution < 1.29 is 0 Å². The van der Waals surface area contributed by atoms with Crippen molar-refractivity contribution in [2.45, 2.75) is 32.7 Å². The highest BCUT2D eigenvalue weighted by atomic mass is 15.1. The molecule has 2 atom stereocenters. The van der Waals surface area contributed by atoms with E-state index in [2.05, 4.69) is 43.0 Å². The number of benzene rings is 1. The standard InChI is InChI=1S/C14H22N2/c1-11-6-5-9-16(10-11)14-8-4-3-7-13(14)12(2)15/h3-4,7-8,11-12H,5-6,9-10,15H2,1-2H3. The van der Waals surface area contributed by atoms with Crippen molar-refractivity contribution in [1.29, 1.82) is 0 Å². The molecule has 2 heteroatoms. The van der Waals surface area contributed by atoms with Crippen LogP contribution in [0.2, 0.25) is 0 Å². The molecule has 0 bridgehead atoms. The van der Waals surface area contributed by atoms with Crippen LogP contribution in [0.15, 0.2) is 24.3 Å². The molecular weight excluding hydrogens is 196 g/mol. The largest absolute Gasteiger partial charge is 0.371 e. The molecule has 1 aliphatic rings. The molecule has 0 radical (unpaired) electrons. The Labute approximate surface area is 98.4 Å². The Hall–Kier alpha value is -1.02. The zero-order valence-electron chi connectivity index (χ0n) is 10.3. The molecule has 1 fully saturated rings. The lowest BCUT2D eigenvalue weighted by molar-refractivity contribution is 0.446. The molecule has 88 valence electrons. The van der Waals surface area contributed by atoms with Gasteiger partial charge in [-0.05, 0) is 37.3 Å². The summed E-state index contributed by atoms with van der Waals surface area (Å²) in [6, 6.07) is 8.67. The van der Waals surface area contributed by atoms with Crippen molar-refractivity contribution in [3.05, 3.63) is 29.8 Å². The van der Waals surface area contributed by atoms with E-state index in [-0.39, 0.29) is 6.04 Å². The molecule has 1 aromatic rings. The fourth-order valence-corrected chi connectivity index (χ4v) is 2.57. The van der Waals surface area contributed by atoms with E-state index in [9.17, 15) is 0 Å². The van der Waals surface area contributed by atoms with Crippen LogP contribution in [0.4, 0.5) is 5.69 Å². The van der Waals surface area contributed by atoms with Crippen LogP contribution in [0.25, 0.3) is 0 Å². The van der Waals surface area contributed by atoms with Gasteiger partial charge in [-0.2, -0.15) is 0 Å². The molecule has 2 N–H and O–H groups in total. The lowest BCUT2D eigenvalue weighted by Gasteiger charge is -2.34. The van der Waals surface area contributed by atoms with Crippen molar-refractivity contribution in [2.75, 3.05) is 18.0 Å². The minimum absolute atomic E-state index is 0.119. The summed E-state index contributed by atoms with van der Waals surface area (Å²) in [5.41, 5.74) is 8.64. The van der Waals surface area contributed by atoms with Gasteiger partial charge in [0.05, 0.1) is 0 Å². The van der Waals surface area contributed by atoms with Crippen LogP contribution in [0.3, 0.4) is 0 Å². The summed E-state index contributed by atoms with van der Waals surface area (Å²) in [7, 11) is 0. The molecule has 2 rings (SSSR count). The summed E-state index contributed by atoms with van der Waals surface area (Å²) >= 11 is 0. The molecule has 1 aromatic carbocycles. The number of nitrogens with two attached hydrogens (primary N) is 1. The first kappa shape index (κ1) is 11.5. The first-order valence-electron chi connectivity index (χ1n) is 6.28. The minimum Gasteiger partial charge on any atom is -0.371 e. The van der Waals surface area contributed by atoms with E-state index >= 15 is 0 Å². The average Bonchev–Trinajstić information content (AvgIpc) is 2.29. The molecule has 0 saturated carbocycles. The zero-order valence-corrected chi connectivity index (χ0v) is 10.3. The van der Waals surface area contributed by atoms with Gasteiger partial charge in [-0.1, -0.05) is 25.1 Å². The molecule has 2 unspecified atom stereocenters. The van der Waals surface area contributed by atoms with Crippen LogP contribution in [0.5, 0.6) is 0 Å². The van der Waals surface area contributed by atoms with Gasteiger partial charge in [-0.25, -0.2) is 0 Å². The Bertz CT molecular complexity index is 346. The van der Waals surface area contributed by atoms with Gasteiger partial charge in [0, 0.05) is 24.8 Å². The predicted molar refractivity (Wildman–Crippen MR) is 69.7 cm³/mol. The molecule has 0 aliphatic carbocycles. The third-order valence-electron chi connectivity index (χ3n) is 3.43. The highest BCUT2D eigenvalue weighted by Gasteiger charge is 2.19. The van der Waals surface area contributed by atoms with Gasteiger partial charge in [0.15, 0.2) is 0 Å². The third-order valence-corrected chi connectivity index (χ3v) is 3.43. The smallest absolute Gasteiger partial charge is 0.0414 e. The third kappa shape index (κ3) is 2.38. The maximum atomic E-state index is 6.03. The van der Waals surface area contributed by atoms with Crippen molar-refractivity contribution in [2.24, 2.45) is 11.7 Å². The molecule has 1 saturated heterocycles. The van der Waals surface area contributed by atoms with E-state index in [1.807, 2.05) is 0 Å². The Morgan fingerprint density at radius 1 is 1.38 bits per heavy atom. The molecule has 0 spiro atoms. The van der Waals surface area contributed by atoms with Gasteiger partial charge in [-0.15, -0.1) is 0 Å². The number of hydrogen-bond donors (Lipinski definition) is 1. The van der Waals surface area contributed by atoms with Crippen LogP contribution >= 0.6 is 0 Å². The van der Waals surface area contributed by atoms with Crippen molar-refractivity contribution in [3.8, 4) is 0 Å². The summed E-state index contributed by atoms with van der Waals surface area (Å²) in [5.74, 6) is 0.801. The number of piperidine rings is 1. The van der Waals surface area contributed by atoms with Gasteiger partial charge >= 0.3 is 0 Å². The topological polar surface area (TPSA) is 29.3 Å². The van der Waals surface area contributed by atoms with Gasteiger partial charge in [0.1, 0.15) is 0 Å². The first-order chi connectivity index (χ1) is 7.68. The lowest BCUT2D eigenvalue weighted by Crippen LogP contribution is -2.35. The molecule has 2 nitrogen and oxygen atoms in total. The van der Waals surface area contributed by atoms with Crippen molar-refractivity contribution >= 4 is 5.69 Å². The summed E-state index contributed by atoms with van der Waals surface area (Å²) < 4.78 is 0. The number of para-hydroxylation sites is 1. The van der Waals surface area contributed by atoms with Crippen molar-refractivity contribution in [1.82, 2.24) is 0 Å². The molecule has 1 heterocycles. The Kier molecular flexibility index (Phi) is 3.49. The quantitative estimate of drug-likeness (QED) is 0.827.